The summed E-state index contributed by atoms with van der Waals surface area (Å²) in [7, 11) is 0.0601. The lowest BCUT2D eigenvalue weighted by molar-refractivity contribution is 0.0601. The third-order valence-electron chi connectivity index (χ3n) is 4.95. The summed E-state index contributed by atoms with van der Waals surface area (Å²) in [4.78, 5) is 12.7. The minimum absolute atomic E-state index is 0.00345. The van der Waals surface area contributed by atoms with Crippen LogP contribution in [0.15, 0.2) is 71.6 Å². The summed E-state index contributed by atoms with van der Waals surface area (Å²) in [5, 5.41) is 0. The molecule has 0 heterocycles. The molecule has 0 fully saturated rings. The van der Waals surface area contributed by atoms with Crippen LogP contribution in [0, 0.1) is 6.92 Å². The summed E-state index contributed by atoms with van der Waals surface area (Å²) in [6, 6.07) is 18.5. The number of ether oxygens (including phenoxy) is 3. The molecule has 0 saturated heterocycles. The minimum Gasteiger partial charge on any atom is -0.493 e. The van der Waals surface area contributed by atoms with Crippen molar-refractivity contribution in [1.82, 2.24) is 0 Å². The first-order chi connectivity index (χ1) is 15.3. The molecule has 8 heteroatoms. The standard InChI is InChI=1S/C24H25NO6S/c1-17-10-12-19(13-11-17)32(27,28)25(16-18-8-6-5-7-9-18)21-15-23(30-3)22(29-2)14-20(21)24(26)31-4/h5-15H,16H2,1-4H3. The Hall–Kier alpha value is -3.52. The quantitative estimate of drug-likeness (QED) is 0.474. The highest BCUT2D eigenvalue weighted by atomic mass is 32.2. The van der Waals surface area contributed by atoms with Gasteiger partial charge in [0, 0.05) is 12.1 Å². The molecule has 168 valence electrons. The molecule has 3 aromatic carbocycles. The monoisotopic (exact) mass is 455 g/mol. The van der Waals surface area contributed by atoms with E-state index in [9.17, 15) is 13.2 Å². The van der Waals surface area contributed by atoms with Gasteiger partial charge in [-0.05, 0) is 24.6 Å². The first kappa shape index (κ1) is 23.1. The molecule has 3 aromatic rings. The predicted octanol–water partition coefficient (Wildman–Crippen LogP) is 4.19. The number of hydrogen-bond acceptors (Lipinski definition) is 6. The number of aryl methyl sites for hydroxylation is 1. The maximum absolute atomic E-state index is 13.8. The summed E-state index contributed by atoms with van der Waals surface area (Å²) >= 11 is 0. The van der Waals surface area contributed by atoms with Crippen LogP contribution in [0.1, 0.15) is 21.5 Å². The van der Waals surface area contributed by atoms with E-state index in [1.165, 1.54) is 37.8 Å². The number of esters is 1. The molecule has 0 aliphatic rings. The average Bonchev–Trinajstić information content (AvgIpc) is 2.82. The van der Waals surface area contributed by atoms with Gasteiger partial charge < -0.3 is 14.2 Å². The van der Waals surface area contributed by atoms with E-state index >= 15 is 0 Å². The Kier molecular flexibility index (Phi) is 7.05. The van der Waals surface area contributed by atoms with Gasteiger partial charge in [-0.15, -0.1) is 0 Å². The second-order valence-electron chi connectivity index (χ2n) is 7.03. The largest absolute Gasteiger partial charge is 0.493 e. The van der Waals surface area contributed by atoms with Gasteiger partial charge in [0.15, 0.2) is 11.5 Å². The van der Waals surface area contributed by atoms with Crippen molar-refractivity contribution in [2.45, 2.75) is 18.4 Å². The highest BCUT2D eigenvalue weighted by molar-refractivity contribution is 7.92. The Bertz CT molecular complexity index is 1190. The van der Waals surface area contributed by atoms with E-state index in [0.717, 1.165) is 11.1 Å². The van der Waals surface area contributed by atoms with Crippen LogP contribution in [0.25, 0.3) is 0 Å². The number of benzene rings is 3. The molecule has 7 nitrogen and oxygen atoms in total. The van der Waals surface area contributed by atoms with Gasteiger partial charge in [0.1, 0.15) is 0 Å². The Morgan fingerprint density at radius 2 is 1.47 bits per heavy atom. The van der Waals surface area contributed by atoms with Gasteiger partial charge in [0.2, 0.25) is 0 Å². The maximum atomic E-state index is 13.8. The van der Waals surface area contributed by atoms with Gasteiger partial charge >= 0.3 is 5.97 Å². The number of anilines is 1. The Morgan fingerprint density at radius 3 is 2.03 bits per heavy atom. The minimum atomic E-state index is -4.05. The summed E-state index contributed by atoms with van der Waals surface area (Å²) in [6.07, 6.45) is 0. The van der Waals surface area contributed by atoms with Crippen LogP contribution in [0.5, 0.6) is 11.5 Å². The van der Waals surface area contributed by atoms with E-state index in [0.29, 0.717) is 0 Å². The molecule has 0 aliphatic carbocycles. The Balaban J connectivity index is 2.27. The van der Waals surface area contributed by atoms with Gasteiger partial charge in [-0.1, -0.05) is 48.0 Å². The van der Waals surface area contributed by atoms with Crippen molar-refractivity contribution in [2.75, 3.05) is 25.6 Å². The van der Waals surface area contributed by atoms with Gasteiger partial charge in [-0.25, -0.2) is 13.2 Å². The first-order valence-electron chi connectivity index (χ1n) is 9.79. The first-order valence-corrected chi connectivity index (χ1v) is 11.2. The average molecular weight is 456 g/mol. The third-order valence-corrected chi connectivity index (χ3v) is 6.73. The Morgan fingerprint density at radius 1 is 0.875 bits per heavy atom. The molecule has 0 radical (unpaired) electrons. The van der Waals surface area contributed by atoms with Gasteiger partial charge in [-0.3, -0.25) is 4.31 Å². The fourth-order valence-electron chi connectivity index (χ4n) is 3.23. The van der Waals surface area contributed by atoms with Crippen molar-refractivity contribution in [3.63, 3.8) is 0 Å². The second kappa shape index (κ2) is 9.74. The zero-order valence-corrected chi connectivity index (χ0v) is 19.2. The highest BCUT2D eigenvalue weighted by Crippen LogP contribution is 2.38. The van der Waals surface area contributed by atoms with Crippen molar-refractivity contribution < 1.29 is 27.4 Å². The second-order valence-corrected chi connectivity index (χ2v) is 8.89. The summed E-state index contributed by atoms with van der Waals surface area (Å²) in [6.45, 7) is 1.87. The van der Waals surface area contributed by atoms with Crippen LogP contribution in [0.2, 0.25) is 0 Å². The Labute approximate surface area is 188 Å². The number of hydrogen-bond donors (Lipinski definition) is 0. The van der Waals surface area contributed by atoms with Crippen LogP contribution in [-0.4, -0.2) is 35.7 Å². The zero-order valence-electron chi connectivity index (χ0n) is 18.4. The topological polar surface area (TPSA) is 82.1 Å². The van der Waals surface area contributed by atoms with Gasteiger partial charge in [0.05, 0.1) is 44.0 Å². The maximum Gasteiger partial charge on any atom is 0.340 e. The molecule has 32 heavy (non-hydrogen) atoms. The fourth-order valence-corrected chi connectivity index (χ4v) is 4.70. The van der Waals surface area contributed by atoms with E-state index in [1.54, 1.807) is 24.3 Å². The van der Waals surface area contributed by atoms with Crippen LogP contribution >= 0.6 is 0 Å². The molecule has 0 amide bonds. The van der Waals surface area contributed by atoms with Crippen LogP contribution in [0.3, 0.4) is 0 Å². The van der Waals surface area contributed by atoms with Crippen molar-refractivity contribution in [3.8, 4) is 11.5 Å². The van der Waals surface area contributed by atoms with Crippen molar-refractivity contribution >= 4 is 21.7 Å². The number of methoxy groups -OCH3 is 3. The summed E-state index contributed by atoms with van der Waals surface area (Å²) in [5.41, 5.74) is 1.84. The molecule has 0 bridgehead atoms. The number of carbonyl (C=O) groups excluding carboxylic acids is 1. The molecule has 0 aliphatic heterocycles. The smallest absolute Gasteiger partial charge is 0.340 e. The van der Waals surface area contributed by atoms with Crippen molar-refractivity contribution in [1.29, 1.82) is 0 Å². The van der Waals surface area contributed by atoms with Crippen molar-refractivity contribution in [2.24, 2.45) is 0 Å². The van der Waals surface area contributed by atoms with Crippen LogP contribution in [0.4, 0.5) is 5.69 Å². The van der Waals surface area contributed by atoms with Crippen LogP contribution < -0.4 is 13.8 Å². The molecule has 0 spiro atoms. The molecule has 0 N–H and O–H groups in total. The summed E-state index contributed by atoms with van der Waals surface area (Å²) < 4.78 is 44.3. The van der Waals surface area contributed by atoms with E-state index in [4.69, 9.17) is 14.2 Å². The van der Waals surface area contributed by atoms with Crippen LogP contribution in [-0.2, 0) is 21.3 Å². The lowest BCUT2D eigenvalue weighted by Gasteiger charge is -2.27. The molecule has 0 saturated carbocycles. The lowest BCUT2D eigenvalue weighted by atomic mass is 10.1. The molecule has 0 atom stereocenters. The molecular weight excluding hydrogens is 430 g/mol. The normalized spacial score (nSPS) is 11.0. The summed E-state index contributed by atoms with van der Waals surface area (Å²) in [5.74, 6) is -0.130. The van der Waals surface area contributed by atoms with Crippen molar-refractivity contribution in [3.05, 3.63) is 83.4 Å². The van der Waals surface area contributed by atoms with E-state index < -0.39 is 16.0 Å². The zero-order chi connectivity index (χ0) is 23.3. The third kappa shape index (κ3) is 4.70. The van der Waals surface area contributed by atoms with E-state index in [-0.39, 0.29) is 34.2 Å². The molecule has 0 unspecified atom stereocenters. The van der Waals surface area contributed by atoms with E-state index in [1.807, 2.05) is 37.3 Å². The molecule has 3 rings (SSSR count). The van der Waals surface area contributed by atoms with Gasteiger partial charge in [-0.2, -0.15) is 0 Å². The molecular formula is C24H25NO6S. The molecule has 0 aromatic heterocycles. The van der Waals surface area contributed by atoms with E-state index in [2.05, 4.69) is 0 Å². The number of sulfonamides is 1. The number of rotatable bonds is 8. The van der Waals surface area contributed by atoms with Gasteiger partial charge in [0.25, 0.3) is 10.0 Å². The number of nitrogens with zero attached hydrogens (tertiary/aromatic N) is 1. The SMILES string of the molecule is COC(=O)c1cc(OC)c(OC)cc1N(Cc1ccccc1)S(=O)(=O)c1ccc(C)cc1. The fraction of sp³-hybridized carbons (Fsp3) is 0.208. The predicted molar refractivity (Wildman–Crippen MR) is 122 cm³/mol. The number of carbonyl (C=O) groups is 1. The highest BCUT2D eigenvalue weighted by Gasteiger charge is 2.30. The lowest BCUT2D eigenvalue weighted by Crippen LogP contribution is -2.32.